The lowest BCUT2D eigenvalue weighted by Gasteiger charge is -2.00. The van der Waals surface area contributed by atoms with Gasteiger partial charge in [-0.1, -0.05) is 7.43 Å². The van der Waals surface area contributed by atoms with E-state index in [4.69, 9.17) is 4.74 Å². The van der Waals surface area contributed by atoms with E-state index in [9.17, 15) is 4.79 Å². The van der Waals surface area contributed by atoms with Crippen LogP contribution in [0.25, 0.3) is 0 Å². The Balaban J connectivity index is 0.00000121. The first kappa shape index (κ1) is 10.5. The van der Waals surface area contributed by atoms with E-state index in [0.717, 1.165) is 11.4 Å². The highest BCUT2D eigenvalue weighted by atomic mass is 16.5. The number of hydrogen-bond donors (Lipinski definition) is 1. The molecule has 1 rings (SSSR count). The highest BCUT2D eigenvalue weighted by Gasteiger charge is 1.90. The van der Waals surface area contributed by atoms with Crippen molar-refractivity contribution in [3.63, 3.8) is 0 Å². The van der Waals surface area contributed by atoms with E-state index in [0.29, 0.717) is 6.41 Å². The van der Waals surface area contributed by atoms with Crippen LogP contribution < -0.4 is 10.1 Å². The van der Waals surface area contributed by atoms with Gasteiger partial charge in [0.05, 0.1) is 7.11 Å². The molecule has 0 heterocycles. The largest absolute Gasteiger partial charge is 0.497 e. The van der Waals surface area contributed by atoms with Gasteiger partial charge in [-0.3, -0.25) is 4.79 Å². The van der Waals surface area contributed by atoms with Gasteiger partial charge in [-0.15, -0.1) is 0 Å². The summed E-state index contributed by atoms with van der Waals surface area (Å²) in [6.45, 7) is 0. The van der Waals surface area contributed by atoms with Crippen LogP contribution in [-0.4, -0.2) is 13.5 Å². The third kappa shape index (κ3) is 2.62. The van der Waals surface area contributed by atoms with Crippen molar-refractivity contribution >= 4 is 12.1 Å². The van der Waals surface area contributed by atoms with E-state index >= 15 is 0 Å². The fourth-order valence-electron chi connectivity index (χ4n) is 0.755. The minimum Gasteiger partial charge on any atom is -0.497 e. The van der Waals surface area contributed by atoms with Gasteiger partial charge in [0.25, 0.3) is 0 Å². The van der Waals surface area contributed by atoms with Gasteiger partial charge in [0, 0.05) is 5.69 Å². The Bertz CT molecular complexity index is 231. The third-order valence-corrected chi connectivity index (χ3v) is 1.32. The van der Waals surface area contributed by atoms with Crippen LogP contribution in [0.1, 0.15) is 7.43 Å². The van der Waals surface area contributed by atoms with Crippen LogP contribution in [0, 0.1) is 0 Å². The Labute approximate surface area is 72.4 Å². The van der Waals surface area contributed by atoms with Crippen LogP contribution in [-0.2, 0) is 4.79 Å². The molecule has 1 N–H and O–H groups in total. The topological polar surface area (TPSA) is 38.3 Å². The first-order valence-electron chi connectivity index (χ1n) is 3.21. The third-order valence-electron chi connectivity index (χ3n) is 1.32. The molecule has 0 saturated heterocycles. The monoisotopic (exact) mass is 167 g/mol. The Hall–Kier alpha value is -1.51. The minimum atomic E-state index is 0. The van der Waals surface area contributed by atoms with E-state index in [1.807, 2.05) is 0 Å². The second-order valence-corrected chi connectivity index (χ2v) is 1.99. The number of carbonyl (C=O) groups excluding carboxylic acids is 1. The maximum Gasteiger partial charge on any atom is 0.211 e. The molecule has 12 heavy (non-hydrogen) atoms. The van der Waals surface area contributed by atoms with Gasteiger partial charge in [-0.2, -0.15) is 0 Å². The Morgan fingerprint density at radius 1 is 1.33 bits per heavy atom. The summed E-state index contributed by atoms with van der Waals surface area (Å²) in [5.41, 5.74) is 0.765. The van der Waals surface area contributed by atoms with Crippen molar-refractivity contribution in [1.82, 2.24) is 0 Å². The van der Waals surface area contributed by atoms with Crippen molar-refractivity contribution in [3.05, 3.63) is 24.3 Å². The van der Waals surface area contributed by atoms with E-state index in [2.05, 4.69) is 5.32 Å². The van der Waals surface area contributed by atoms with Crippen LogP contribution in [0.2, 0.25) is 0 Å². The molecule has 1 amide bonds. The summed E-state index contributed by atoms with van der Waals surface area (Å²) in [6, 6.07) is 7.11. The molecule has 0 atom stereocenters. The fourth-order valence-corrected chi connectivity index (χ4v) is 0.755. The molecule has 3 heteroatoms. The second kappa shape index (κ2) is 5.18. The number of rotatable bonds is 3. The first-order chi connectivity index (χ1) is 5.36. The van der Waals surface area contributed by atoms with Crippen LogP contribution >= 0.6 is 0 Å². The number of amides is 1. The SMILES string of the molecule is C.COc1ccc(NC=O)cc1. The van der Waals surface area contributed by atoms with E-state index in [1.54, 1.807) is 31.4 Å². The summed E-state index contributed by atoms with van der Waals surface area (Å²) in [4.78, 5) is 9.99. The van der Waals surface area contributed by atoms with Gasteiger partial charge in [-0.25, -0.2) is 0 Å². The standard InChI is InChI=1S/C8H9NO2.CH4/c1-11-8-4-2-7(3-5-8)9-6-10;/h2-6H,1H3,(H,9,10);1H4. The van der Waals surface area contributed by atoms with Crippen molar-refractivity contribution in [3.8, 4) is 5.75 Å². The smallest absolute Gasteiger partial charge is 0.211 e. The lowest BCUT2D eigenvalue weighted by atomic mass is 10.3. The quantitative estimate of drug-likeness (QED) is 0.698. The molecule has 1 aromatic rings. The van der Waals surface area contributed by atoms with Crippen molar-refractivity contribution in [1.29, 1.82) is 0 Å². The molecule has 0 bridgehead atoms. The molecular formula is C9H13NO2. The van der Waals surface area contributed by atoms with Gasteiger partial charge in [0.2, 0.25) is 6.41 Å². The zero-order valence-corrected chi connectivity index (χ0v) is 6.20. The predicted molar refractivity (Wildman–Crippen MR) is 49.4 cm³/mol. The number of anilines is 1. The molecule has 0 fully saturated rings. The summed E-state index contributed by atoms with van der Waals surface area (Å²) < 4.78 is 4.93. The second-order valence-electron chi connectivity index (χ2n) is 1.99. The average molecular weight is 167 g/mol. The molecule has 0 aliphatic heterocycles. The van der Waals surface area contributed by atoms with E-state index < -0.39 is 0 Å². The van der Waals surface area contributed by atoms with Crippen molar-refractivity contribution < 1.29 is 9.53 Å². The molecule has 0 aromatic heterocycles. The molecule has 1 aromatic carbocycles. The molecule has 0 aliphatic carbocycles. The Kier molecular flexibility index (Phi) is 4.53. The molecule has 0 radical (unpaired) electrons. The molecule has 3 nitrogen and oxygen atoms in total. The van der Waals surface area contributed by atoms with Gasteiger partial charge < -0.3 is 10.1 Å². The molecule has 66 valence electrons. The molecule has 0 aliphatic rings. The summed E-state index contributed by atoms with van der Waals surface area (Å²) in [5.74, 6) is 0.779. The zero-order valence-electron chi connectivity index (χ0n) is 6.20. The number of methoxy groups -OCH3 is 1. The van der Waals surface area contributed by atoms with Gasteiger partial charge in [0.1, 0.15) is 5.75 Å². The van der Waals surface area contributed by atoms with Crippen LogP contribution in [0.4, 0.5) is 5.69 Å². The summed E-state index contributed by atoms with van der Waals surface area (Å²) in [5, 5.41) is 2.52. The van der Waals surface area contributed by atoms with Gasteiger partial charge >= 0.3 is 0 Å². The van der Waals surface area contributed by atoms with Crippen molar-refractivity contribution in [2.75, 3.05) is 12.4 Å². The normalized spacial score (nSPS) is 8.08. The van der Waals surface area contributed by atoms with Crippen LogP contribution in [0.3, 0.4) is 0 Å². The predicted octanol–water partition coefficient (Wildman–Crippen LogP) is 1.90. The fraction of sp³-hybridized carbons (Fsp3) is 0.222. The van der Waals surface area contributed by atoms with Crippen LogP contribution in [0.15, 0.2) is 24.3 Å². The first-order valence-corrected chi connectivity index (χ1v) is 3.21. The molecular weight excluding hydrogens is 154 g/mol. The van der Waals surface area contributed by atoms with Gasteiger partial charge in [0.15, 0.2) is 0 Å². The number of ether oxygens (including phenoxy) is 1. The highest BCUT2D eigenvalue weighted by Crippen LogP contribution is 2.13. The average Bonchev–Trinajstić information content (AvgIpc) is 2.07. The van der Waals surface area contributed by atoms with E-state index in [-0.39, 0.29) is 7.43 Å². The van der Waals surface area contributed by atoms with Crippen molar-refractivity contribution in [2.45, 2.75) is 7.43 Å². The summed E-state index contributed by atoms with van der Waals surface area (Å²) >= 11 is 0. The zero-order chi connectivity index (χ0) is 8.10. The maximum atomic E-state index is 9.99. The minimum absolute atomic E-state index is 0. The lowest BCUT2D eigenvalue weighted by Crippen LogP contribution is -1.92. The molecule has 0 spiro atoms. The summed E-state index contributed by atoms with van der Waals surface area (Å²) in [6.07, 6.45) is 0.641. The van der Waals surface area contributed by atoms with Crippen molar-refractivity contribution in [2.24, 2.45) is 0 Å². The molecule has 0 saturated carbocycles. The van der Waals surface area contributed by atoms with Gasteiger partial charge in [-0.05, 0) is 24.3 Å². The molecule has 0 unspecified atom stereocenters. The highest BCUT2D eigenvalue weighted by molar-refractivity contribution is 5.71. The van der Waals surface area contributed by atoms with Crippen LogP contribution in [0.5, 0.6) is 5.75 Å². The number of hydrogen-bond acceptors (Lipinski definition) is 2. The number of benzene rings is 1. The van der Waals surface area contributed by atoms with E-state index in [1.165, 1.54) is 0 Å². The maximum absolute atomic E-state index is 9.99. The number of carbonyl (C=O) groups is 1. The summed E-state index contributed by atoms with van der Waals surface area (Å²) in [7, 11) is 1.60. The Morgan fingerprint density at radius 2 is 1.92 bits per heavy atom. The Morgan fingerprint density at radius 3 is 2.33 bits per heavy atom. The lowest BCUT2D eigenvalue weighted by molar-refractivity contribution is -0.105. The number of nitrogens with one attached hydrogen (secondary N) is 1.